The predicted molar refractivity (Wildman–Crippen MR) is 75.1 cm³/mol. The monoisotopic (exact) mass is 266 g/mol. The van der Waals surface area contributed by atoms with Crippen molar-refractivity contribution in [1.82, 2.24) is 4.90 Å². The second kappa shape index (κ2) is 7.63. The fourth-order valence-electron chi connectivity index (χ4n) is 1.41. The number of hydrogen-bond acceptors (Lipinski definition) is 4. The molecule has 19 heavy (non-hydrogen) atoms. The Bertz CT molecular complexity index is 407. The molecule has 0 atom stereocenters. The number of anilines is 1. The summed E-state index contributed by atoms with van der Waals surface area (Å²) in [4.78, 5) is 13.4. The molecule has 1 amide bonds. The number of amides is 1. The SMILES string of the molecule is CC(C)OCCN(C)C(=O)COc1ccccc1N. The molecule has 0 aliphatic carbocycles. The smallest absolute Gasteiger partial charge is 0.260 e. The lowest BCUT2D eigenvalue weighted by molar-refractivity contribution is -0.132. The quantitative estimate of drug-likeness (QED) is 0.760. The zero-order valence-corrected chi connectivity index (χ0v) is 11.8. The van der Waals surface area contributed by atoms with Crippen LogP contribution in [0.2, 0.25) is 0 Å². The predicted octanol–water partition coefficient (Wildman–Crippen LogP) is 1.53. The first kappa shape index (κ1) is 15.3. The van der Waals surface area contributed by atoms with Crippen LogP contribution < -0.4 is 10.5 Å². The molecule has 1 rings (SSSR count). The van der Waals surface area contributed by atoms with Gasteiger partial charge in [0.05, 0.1) is 18.4 Å². The minimum Gasteiger partial charge on any atom is -0.482 e. The topological polar surface area (TPSA) is 64.8 Å². The molecule has 0 heterocycles. The van der Waals surface area contributed by atoms with Gasteiger partial charge in [-0.3, -0.25) is 4.79 Å². The highest BCUT2D eigenvalue weighted by Gasteiger charge is 2.10. The maximum absolute atomic E-state index is 11.8. The normalized spacial score (nSPS) is 10.5. The number of ether oxygens (including phenoxy) is 2. The van der Waals surface area contributed by atoms with Crippen LogP contribution in [-0.4, -0.2) is 43.7 Å². The number of benzene rings is 1. The molecule has 0 saturated carbocycles. The number of nitrogens with two attached hydrogens (primary N) is 1. The van der Waals surface area contributed by atoms with E-state index in [-0.39, 0.29) is 18.6 Å². The van der Waals surface area contributed by atoms with Gasteiger partial charge in [-0.05, 0) is 26.0 Å². The molecular weight excluding hydrogens is 244 g/mol. The van der Waals surface area contributed by atoms with Crippen LogP contribution in [-0.2, 0) is 9.53 Å². The summed E-state index contributed by atoms with van der Waals surface area (Å²) in [6, 6.07) is 7.11. The van der Waals surface area contributed by atoms with Crippen molar-refractivity contribution in [2.75, 3.05) is 32.5 Å². The summed E-state index contributed by atoms with van der Waals surface area (Å²) in [7, 11) is 1.73. The van der Waals surface area contributed by atoms with Crippen molar-refractivity contribution in [3.05, 3.63) is 24.3 Å². The van der Waals surface area contributed by atoms with Crippen molar-refractivity contribution >= 4 is 11.6 Å². The molecule has 1 aromatic carbocycles. The third-order valence-electron chi connectivity index (χ3n) is 2.57. The fraction of sp³-hybridized carbons (Fsp3) is 0.500. The summed E-state index contributed by atoms with van der Waals surface area (Å²) in [6.45, 7) is 4.97. The Balaban J connectivity index is 2.32. The highest BCUT2D eigenvalue weighted by atomic mass is 16.5. The molecule has 2 N–H and O–H groups in total. The Morgan fingerprint density at radius 2 is 2.05 bits per heavy atom. The summed E-state index contributed by atoms with van der Waals surface area (Å²) < 4.78 is 10.8. The van der Waals surface area contributed by atoms with Crippen molar-refractivity contribution in [3.63, 3.8) is 0 Å². The standard InChI is InChI=1S/C14H22N2O3/c1-11(2)18-9-8-16(3)14(17)10-19-13-7-5-4-6-12(13)15/h4-7,11H,8-10,15H2,1-3H3. The van der Waals surface area contributed by atoms with Gasteiger partial charge in [0.25, 0.3) is 5.91 Å². The second-order valence-electron chi connectivity index (χ2n) is 4.56. The molecule has 0 aromatic heterocycles. The molecule has 1 aromatic rings. The Kier molecular flexibility index (Phi) is 6.15. The molecule has 0 saturated heterocycles. The molecule has 0 bridgehead atoms. The number of nitrogens with zero attached hydrogens (tertiary/aromatic N) is 1. The average molecular weight is 266 g/mol. The van der Waals surface area contributed by atoms with E-state index < -0.39 is 0 Å². The van der Waals surface area contributed by atoms with Crippen LogP contribution in [0.15, 0.2) is 24.3 Å². The number of para-hydroxylation sites is 2. The molecule has 0 spiro atoms. The lowest BCUT2D eigenvalue weighted by atomic mass is 10.3. The molecule has 0 unspecified atom stereocenters. The number of carbonyl (C=O) groups is 1. The highest BCUT2D eigenvalue weighted by Crippen LogP contribution is 2.19. The summed E-state index contributed by atoms with van der Waals surface area (Å²) >= 11 is 0. The summed E-state index contributed by atoms with van der Waals surface area (Å²) in [6.07, 6.45) is 0.170. The fourth-order valence-corrected chi connectivity index (χ4v) is 1.41. The van der Waals surface area contributed by atoms with Gasteiger partial charge in [0.1, 0.15) is 5.75 Å². The van der Waals surface area contributed by atoms with Gasteiger partial charge in [-0.1, -0.05) is 12.1 Å². The first-order chi connectivity index (χ1) is 9.00. The van der Waals surface area contributed by atoms with Crippen LogP contribution in [0, 0.1) is 0 Å². The van der Waals surface area contributed by atoms with Crippen molar-refractivity contribution in [1.29, 1.82) is 0 Å². The second-order valence-corrected chi connectivity index (χ2v) is 4.56. The minimum atomic E-state index is -0.101. The Hall–Kier alpha value is -1.75. The van der Waals surface area contributed by atoms with E-state index in [9.17, 15) is 4.79 Å². The minimum absolute atomic E-state index is 0.0214. The van der Waals surface area contributed by atoms with E-state index in [1.54, 1.807) is 24.1 Å². The summed E-state index contributed by atoms with van der Waals surface area (Å²) in [5, 5.41) is 0. The number of nitrogen functional groups attached to an aromatic ring is 1. The van der Waals surface area contributed by atoms with E-state index in [1.807, 2.05) is 26.0 Å². The van der Waals surface area contributed by atoms with Crippen molar-refractivity contribution in [2.45, 2.75) is 20.0 Å². The maximum atomic E-state index is 11.8. The number of carbonyl (C=O) groups excluding carboxylic acids is 1. The van der Waals surface area contributed by atoms with Crippen LogP contribution in [0.1, 0.15) is 13.8 Å². The highest BCUT2D eigenvalue weighted by molar-refractivity contribution is 5.77. The molecule has 5 heteroatoms. The van der Waals surface area contributed by atoms with E-state index in [0.29, 0.717) is 24.6 Å². The van der Waals surface area contributed by atoms with Crippen LogP contribution in [0.3, 0.4) is 0 Å². The van der Waals surface area contributed by atoms with Gasteiger partial charge in [-0.25, -0.2) is 0 Å². The molecule has 0 aliphatic heterocycles. The van der Waals surface area contributed by atoms with Crippen molar-refractivity contribution in [2.24, 2.45) is 0 Å². The van der Waals surface area contributed by atoms with E-state index >= 15 is 0 Å². The molecule has 0 aliphatic rings. The Morgan fingerprint density at radius 3 is 2.68 bits per heavy atom. The lowest BCUT2D eigenvalue weighted by Crippen LogP contribution is -2.34. The largest absolute Gasteiger partial charge is 0.482 e. The Morgan fingerprint density at radius 1 is 1.37 bits per heavy atom. The van der Waals surface area contributed by atoms with E-state index in [0.717, 1.165) is 0 Å². The van der Waals surface area contributed by atoms with Crippen LogP contribution >= 0.6 is 0 Å². The van der Waals surface area contributed by atoms with Crippen LogP contribution in [0.5, 0.6) is 5.75 Å². The molecule has 0 radical (unpaired) electrons. The van der Waals surface area contributed by atoms with Gasteiger partial charge in [-0.2, -0.15) is 0 Å². The molecule has 106 valence electrons. The van der Waals surface area contributed by atoms with Crippen molar-refractivity contribution < 1.29 is 14.3 Å². The zero-order valence-electron chi connectivity index (χ0n) is 11.8. The van der Waals surface area contributed by atoms with E-state index in [4.69, 9.17) is 15.2 Å². The van der Waals surface area contributed by atoms with Crippen LogP contribution in [0.25, 0.3) is 0 Å². The van der Waals surface area contributed by atoms with Gasteiger partial charge in [-0.15, -0.1) is 0 Å². The number of rotatable bonds is 7. The Labute approximate surface area is 114 Å². The van der Waals surface area contributed by atoms with Crippen LogP contribution in [0.4, 0.5) is 5.69 Å². The van der Waals surface area contributed by atoms with Crippen molar-refractivity contribution in [3.8, 4) is 5.75 Å². The lowest BCUT2D eigenvalue weighted by Gasteiger charge is -2.18. The van der Waals surface area contributed by atoms with Gasteiger partial charge in [0.2, 0.25) is 0 Å². The van der Waals surface area contributed by atoms with Gasteiger partial charge in [0, 0.05) is 13.6 Å². The van der Waals surface area contributed by atoms with E-state index in [2.05, 4.69) is 0 Å². The molecule has 0 fully saturated rings. The first-order valence-electron chi connectivity index (χ1n) is 6.33. The summed E-state index contributed by atoms with van der Waals surface area (Å²) in [5.74, 6) is 0.429. The van der Waals surface area contributed by atoms with E-state index in [1.165, 1.54) is 0 Å². The maximum Gasteiger partial charge on any atom is 0.260 e. The summed E-state index contributed by atoms with van der Waals surface area (Å²) in [5.41, 5.74) is 6.26. The third-order valence-corrected chi connectivity index (χ3v) is 2.57. The third kappa shape index (κ3) is 5.61. The molecular formula is C14H22N2O3. The van der Waals surface area contributed by atoms with Gasteiger partial charge < -0.3 is 20.1 Å². The van der Waals surface area contributed by atoms with Gasteiger partial charge in [0.15, 0.2) is 6.61 Å². The zero-order chi connectivity index (χ0) is 14.3. The number of hydrogen-bond donors (Lipinski definition) is 1. The first-order valence-corrected chi connectivity index (χ1v) is 6.33. The van der Waals surface area contributed by atoms with Gasteiger partial charge >= 0.3 is 0 Å². The average Bonchev–Trinajstić information content (AvgIpc) is 2.36. The molecule has 5 nitrogen and oxygen atoms in total. The number of likely N-dealkylation sites (N-methyl/N-ethyl adjacent to an activating group) is 1.